The topological polar surface area (TPSA) is 51.9 Å². The first kappa shape index (κ1) is 14.7. The van der Waals surface area contributed by atoms with Crippen molar-refractivity contribution in [3.05, 3.63) is 41.2 Å². The summed E-state index contributed by atoms with van der Waals surface area (Å²) in [5.41, 5.74) is 0.547. The lowest BCUT2D eigenvalue weighted by atomic mass is 10.1. The lowest BCUT2D eigenvalue weighted by Crippen LogP contribution is -2.31. The van der Waals surface area contributed by atoms with Gasteiger partial charge in [-0.2, -0.15) is 0 Å². The number of rotatable bonds is 5. The van der Waals surface area contributed by atoms with E-state index < -0.39 is 0 Å². The van der Waals surface area contributed by atoms with E-state index in [0.717, 1.165) is 18.7 Å². The number of aromatic nitrogens is 3. The normalized spacial score (nSPS) is 12.4. The van der Waals surface area contributed by atoms with E-state index in [0.29, 0.717) is 10.7 Å². The van der Waals surface area contributed by atoms with Crippen LogP contribution in [-0.2, 0) is 14.1 Å². The fraction of sp³-hybridized carbons (Fsp3) is 0.429. The maximum Gasteiger partial charge on any atom is 0.268 e. The number of carbonyl (C=O) groups excluding carboxylic acids is 1. The SMILES string of the molecule is CCC[C@@H](NC(=O)c1cc(Cl)cn1C)c1nccn1C. The Morgan fingerprint density at radius 2 is 2.20 bits per heavy atom. The highest BCUT2D eigenvalue weighted by Crippen LogP contribution is 2.18. The molecule has 0 bridgehead atoms. The Morgan fingerprint density at radius 1 is 1.45 bits per heavy atom. The zero-order valence-electron chi connectivity index (χ0n) is 11.9. The molecule has 0 aliphatic heterocycles. The fourth-order valence-electron chi connectivity index (χ4n) is 2.25. The van der Waals surface area contributed by atoms with Gasteiger partial charge in [0.15, 0.2) is 0 Å². The van der Waals surface area contributed by atoms with Crippen LogP contribution in [0.25, 0.3) is 0 Å². The molecule has 1 amide bonds. The molecule has 0 aliphatic rings. The summed E-state index contributed by atoms with van der Waals surface area (Å²) in [4.78, 5) is 16.7. The molecule has 0 unspecified atom stereocenters. The molecular formula is C14H19ClN4O. The first-order valence-electron chi connectivity index (χ1n) is 6.63. The molecule has 108 valence electrons. The van der Waals surface area contributed by atoms with Crippen molar-refractivity contribution in [2.24, 2.45) is 14.1 Å². The van der Waals surface area contributed by atoms with Gasteiger partial charge >= 0.3 is 0 Å². The molecule has 5 nitrogen and oxygen atoms in total. The van der Waals surface area contributed by atoms with Crippen molar-refractivity contribution in [2.75, 3.05) is 0 Å². The molecule has 2 rings (SSSR count). The van der Waals surface area contributed by atoms with Crippen LogP contribution in [0.3, 0.4) is 0 Å². The summed E-state index contributed by atoms with van der Waals surface area (Å²) >= 11 is 5.91. The third-order valence-electron chi connectivity index (χ3n) is 3.26. The zero-order valence-corrected chi connectivity index (χ0v) is 12.7. The average Bonchev–Trinajstić information content (AvgIpc) is 2.94. The van der Waals surface area contributed by atoms with Crippen LogP contribution in [0.4, 0.5) is 0 Å². The van der Waals surface area contributed by atoms with E-state index in [-0.39, 0.29) is 11.9 Å². The highest BCUT2D eigenvalue weighted by molar-refractivity contribution is 6.31. The van der Waals surface area contributed by atoms with Crippen molar-refractivity contribution < 1.29 is 4.79 Å². The van der Waals surface area contributed by atoms with Crippen molar-refractivity contribution in [1.82, 2.24) is 19.4 Å². The fourth-order valence-corrected chi connectivity index (χ4v) is 2.50. The Hall–Kier alpha value is -1.75. The Labute approximate surface area is 123 Å². The highest BCUT2D eigenvalue weighted by Gasteiger charge is 2.20. The third-order valence-corrected chi connectivity index (χ3v) is 3.46. The van der Waals surface area contributed by atoms with Crippen molar-refractivity contribution in [2.45, 2.75) is 25.8 Å². The van der Waals surface area contributed by atoms with Gasteiger partial charge in [0.1, 0.15) is 11.5 Å². The van der Waals surface area contributed by atoms with E-state index in [1.165, 1.54) is 0 Å². The predicted octanol–water partition coefficient (Wildman–Crippen LogP) is 2.68. The van der Waals surface area contributed by atoms with Crippen molar-refractivity contribution in [3.63, 3.8) is 0 Å². The third kappa shape index (κ3) is 3.04. The summed E-state index contributed by atoms with van der Waals surface area (Å²) in [7, 11) is 3.73. The molecular weight excluding hydrogens is 276 g/mol. The quantitative estimate of drug-likeness (QED) is 0.922. The predicted molar refractivity (Wildman–Crippen MR) is 78.7 cm³/mol. The number of nitrogens with zero attached hydrogens (tertiary/aromatic N) is 3. The number of hydrogen-bond acceptors (Lipinski definition) is 2. The molecule has 0 saturated carbocycles. The van der Waals surface area contributed by atoms with Gasteiger partial charge in [0.05, 0.1) is 11.1 Å². The van der Waals surface area contributed by atoms with Crippen LogP contribution in [0.5, 0.6) is 0 Å². The van der Waals surface area contributed by atoms with Gasteiger partial charge in [-0.15, -0.1) is 0 Å². The lowest BCUT2D eigenvalue weighted by molar-refractivity contribution is 0.0924. The van der Waals surface area contributed by atoms with Crippen LogP contribution >= 0.6 is 11.6 Å². The van der Waals surface area contributed by atoms with Crippen LogP contribution < -0.4 is 5.32 Å². The van der Waals surface area contributed by atoms with Crippen LogP contribution in [0.2, 0.25) is 5.02 Å². The second-order valence-corrected chi connectivity index (χ2v) is 5.30. The van der Waals surface area contributed by atoms with Crippen LogP contribution in [-0.4, -0.2) is 20.0 Å². The van der Waals surface area contributed by atoms with E-state index in [9.17, 15) is 4.79 Å². The van der Waals surface area contributed by atoms with Crippen LogP contribution in [0, 0.1) is 0 Å². The molecule has 0 saturated heterocycles. The minimum Gasteiger partial charge on any atom is -0.345 e. The van der Waals surface area contributed by atoms with Crippen molar-refractivity contribution in [1.29, 1.82) is 0 Å². The molecule has 0 aliphatic carbocycles. The van der Waals surface area contributed by atoms with Gasteiger partial charge in [-0.05, 0) is 12.5 Å². The maximum atomic E-state index is 12.3. The highest BCUT2D eigenvalue weighted by atomic mass is 35.5. The number of halogens is 1. The molecule has 2 aromatic heterocycles. The van der Waals surface area contributed by atoms with E-state index in [1.54, 1.807) is 30.1 Å². The molecule has 2 aromatic rings. The van der Waals surface area contributed by atoms with E-state index in [1.807, 2.05) is 17.8 Å². The number of nitrogens with one attached hydrogen (secondary N) is 1. The zero-order chi connectivity index (χ0) is 14.7. The second-order valence-electron chi connectivity index (χ2n) is 4.87. The van der Waals surface area contributed by atoms with Gasteiger partial charge in [0, 0.05) is 32.7 Å². The molecule has 20 heavy (non-hydrogen) atoms. The van der Waals surface area contributed by atoms with E-state index >= 15 is 0 Å². The number of amides is 1. The van der Waals surface area contributed by atoms with Gasteiger partial charge in [0.2, 0.25) is 0 Å². The molecule has 1 N–H and O–H groups in total. The monoisotopic (exact) mass is 294 g/mol. The minimum absolute atomic E-state index is 0.0961. The maximum absolute atomic E-state index is 12.3. The molecule has 0 fully saturated rings. The summed E-state index contributed by atoms with van der Waals surface area (Å²) in [5, 5.41) is 3.59. The second kappa shape index (κ2) is 6.13. The largest absolute Gasteiger partial charge is 0.345 e. The summed E-state index contributed by atoms with van der Waals surface area (Å²) in [5.74, 6) is 0.723. The van der Waals surface area contributed by atoms with Crippen LogP contribution in [0.15, 0.2) is 24.7 Å². The van der Waals surface area contributed by atoms with Gasteiger partial charge in [-0.1, -0.05) is 24.9 Å². The molecule has 1 atom stereocenters. The molecule has 0 spiro atoms. The van der Waals surface area contributed by atoms with Crippen molar-refractivity contribution in [3.8, 4) is 0 Å². The molecule has 6 heteroatoms. The molecule has 2 heterocycles. The van der Waals surface area contributed by atoms with Gasteiger partial charge in [-0.3, -0.25) is 4.79 Å². The minimum atomic E-state index is -0.138. The summed E-state index contributed by atoms with van der Waals surface area (Å²) < 4.78 is 3.65. The van der Waals surface area contributed by atoms with Crippen molar-refractivity contribution >= 4 is 17.5 Å². The number of carbonyl (C=O) groups is 1. The Balaban J connectivity index is 2.18. The summed E-state index contributed by atoms with van der Waals surface area (Å²) in [6.45, 7) is 2.08. The van der Waals surface area contributed by atoms with Gasteiger partial charge < -0.3 is 14.5 Å². The summed E-state index contributed by atoms with van der Waals surface area (Å²) in [6, 6.07) is 1.57. The molecule has 0 radical (unpaired) electrons. The lowest BCUT2D eigenvalue weighted by Gasteiger charge is -2.18. The smallest absolute Gasteiger partial charge is 0.268 e. The first-order chi connectivity index (χ1) is 9.52. The van der Waals surface area contributed by atoms with Gasteiger partial charge in [-0.25, -0.2) is 4.98 Å². The van der Waals surface area contributed by atoms with E-state index in [4.69, 9.17) is 11.6 Å². The number of hydrogen-bond donors (Lipinski definition) is 1. The Bertz CT molecular complexity index is 602. The first-order valence-corrected chi connectivity index (χ1v) is 7.00. The number of imidazole rings is 1. The van der Waals surface area contributed by atoms with Gasteiger partial charge in [0.25, 0.3) is 5.91 Å². The Morgan fingerprint density at radius 3 is 2.70 bits per heavy atom. The summed E-state index contributed by atoms with van der Waals surface area (Å²) in [6.07, 6.45) is 7.14. The molecule has 0 aromatic carbocycles. The van der Waals surface area contributed by atoms with E-state index in [2.05, 4.69) is 17.2 Å². The standard InChI is InChI=1S/C14H19ClN4O/c1-4-5-11(13-16-6-7-18(13)2)17-14(20)12-8-10(15)9-19(12)3/h6-9,11H,4-5H2,1-3H3,(H,17,20)/t11-/m1/s1. The number of aryl methyl sites for hydroxylation is 2. The van der Waals surface area contributed by atoms with Crippen LogP contribution in [0.1, 0.15) is 42.1 Å². The Kier molecular flexibility index (Phi) is 4.49. The average molecular weight is 295 g/mol.